The molecule has 0 amide bonds. The first-order valence-corrected chi connectivity index (χ1v) is 7.52. The third kappa shape index (κ3) is 2.92. The molecule has 2 atom stereocenters. The van der Waals surface area contributed by atoms with Crippen LogP contribution in [-0.2, 0) is 10.2 Å². The van der Waals surface area contributed by atoms with Crippen molar-refractivity contribution in [1.29, 1.82) is 0 Å². The summed E-state index contributed by atoms with van der Waals surface area (Å²) in [5.74, 6) is 0. The highest BCUT2D eigenvalue weighted by atomic mass is 35.5. The summed E-state index contributed by atoms with van der Waals surface area (Å²) in [4.78, 5) is 0. The fourth-order valence-electron chi connectivity index (χ4n) is 3.31. The van der Waals surface area contributed by atoms with Crippen LogP contribution in [0.4, 0.5) is 0 Å². The first-order chi connectivity index (χ1) is 9.14. The van der Waals surface area contributed by atoms with Crippen LogP contribution in [0.25, 0.3) is 0 Å². The molecular formula is C15H21Cl2NO. The van der Waals surface area contributed by atoms with Crippen LogP contribution in [0.2, 0.25) is 10.0 Å². The van der Waals surface area contributed by atoms with E-state index in [0.717, 1.165) is 19.4 Å². The fourth-order valence-corrected chi connectivity index (χ4v) is 3.60. The van der Waals surface area contributed by atoms with Crippen LogP contribution in [0.3, 0.4) is 0 Å². The van der Waals surface area contributed by atoms with E-state index < -0.39 is 0 Å². The van der Waals surface area contributed by atoms with E-state index in [0.29, 0.717) is 10.0 Å². The molecule has 1 N–H and O–H groups in total. The second-order valence-electron chi connectivity index (χ2n) is 5.29. The highest BCUT2D eigenvalue weighted by molar-refractivity contribution is 6.42. The van der Waals surface area contributed by atoms with E-state index in [9.17, 15) is 0 Å². The zero-order valence-electron chi connectivity index (χ0n) is 11.5. The molecule has 0 radical (unpaired) electrons. The first-order valence-electron chi connectivity index (χ1n) is 6.77. The molecule has 1 aromatic carbocycles. The van der Waals surface area contributed by atoms with Gasteiger partial charge in [-0.1, -0.05) is 42.1 Å². The van der Waals surface area contributed by atoms with Gasteiger partial charge in [-0.05, 0) is 37.6 Å². The third-order valence-electron chi connectivity index (χ3n) is 4.23. The molecule has 19 heavy (non-hydrogen) atoms. The number of ether oxygens (including phenoxy) is 1. The van der Waals surface area contributed by atoms with E-state index in [1.54, 1.807) is 7.11 Å². The Morgan fingerprint density at radius 2 is 2.11 bits per heavy atom. The van der Waals surface area contributed by atoms with Crippen LogP contribution in [-0.4, -0.2) is 26.8 Å². The number of hydrogen-bond acceptors (Lipinski definition) is 2. The molecule has 0 heterocycles. The molecule has 106 valence electrons. The summed E-state index contributed by atoms with van der Waals surface area (Å²) in [6.45, 7) is 0.892. The normalized spacial score (nSPS) is 27.5. The molecule has 1 aromatic rings. The molecule has 0 spiro atoms. The summed E-state index contributed by atoms with van der Waals surface area (Å²) in [6.07, 6.45) is 4.89. The van der Waals surface area contributed by atoms with Crippen LogP contribution < -0.4 is 5.32 Å². The third-order valence-corrected chi connectivity index (χ3v) is 4.97. The standard InChI is InChI=1S/C15H21Cl2NO/c1-18-10-15(8-4-3-5-14(15)19-2)11-6-7-12(16)13(17)9-11/h6-7,9,14,18H,3-5,8,10H2,1-2H3/t14-,15-/m0/s1. The minimum atomic E-state index is -0.00399. The Labute approximate surface area is 125 Å². The number of likely N-dealkylation sites (N-methyl/N-ethyl adjacent to an activating group) is 1. The summed E-state index contributed by atoms with van der Waals surface area (Å²) < 4.78 is 5.77. The van der Waals surface area contributed by atoms with Gasteiger partial charge in [0, 0.05) is 19.1 Å². The van der Waals surface area contributed by atoms with E-state index in [2.05, 4.69) is 11.4 Å². The zero-order valence-corrected chi connectivity index (χ0v) is 13.0. The van der Waals surface area contributed by atoms with Crippen LogP contribution in [0.15, 0.2) is 18.2 Å². The van der Waals surface area contributed by atoms with Gasteiger partial charge in [0.1, 0.15) is 0 Å². The van der Waals surface area contributed by atoms with Crippen LogP contribution in [0.5, 0.6) is 0 Å². The van der Waals surface area contributed by atoms with Crippen molar-refractivity contribution in [2.24, 2.45) is 0 Å². The van der Waals surface area contributed by atoms with Gasteiger partial charge in [-0.25, -0.2) is 0 Å². The van der Waals surface area contributed by atoms with Gasteiger partial charge >= 0.3 is 0 Å². The molecule has 0 bridgehead atoms. The van der Waals surface area contributed by atoms with Crippen molar-refractivity contribution in [3.63, 3.8) is 0 Å². The minimum absolute atomic E-state index is 0.00399. The molecule has 0 saturated heterocycles. The maximum absolute atomic E-state index is 6.19. The summed E-state index contributed by atoms with van der Waals surface area (Å²) in [6, 6.07) is 5.97. The Hall–Kier alpha value is -0.280. The van der Waals surface area contributed by atoms with Crippen molar-refractivity contribution < 1.29 is 4.74 Å². The second kappa shape index (κ2) is 6.45. The van der Waals surface area contributed by atoms with E-state index >= 15 is 0 Å². The predicted molar refractivity (Wildman–Crippen MR) is 81.3 cm³/mol. The van der Waals surface area contributed by atoms with Crippen molar-refractivity contribution in [2.45, 2.75) is 37.2 Å². The number of halogens is 2. The smallest absolute Gasteiger partial charge is 0.0680 e. The lowest BCUT2D eigenvalue weighted by Gasteiger charge is -2.44. The molecule has 2 nitrogen and oxygen atoms in total. The van der Waals surface area contributed by atoms with Gasteiger partial charge in [0.15, 0.2) is 0 Å². The SMILES string of the molecule is CNC[C@]1(c2ccc(Cl)c(Cl)c2)CCCC[C@@H]1OC. The van der Waals surface area contributed by atoms with Crippen molar-refractivity contribution in [3.05, 3.63) is 33.8 Å². The largest absolute Gasteiger partial charge is 0.380 e. The number of nitrogens with one attached hydrogen (secondary N) is 1. The Balaban J connectivity index is 2.44. The van der Waals surface area contributed by atoms with Crippen LogP contribution in [0.1, 0.15) is 31.2 Å². The number of methoxy groups -OCH3 is 1. The average molecular weight is 302 g/mol. The molecular weight excluding hydrogens is 281 g/mol. The zero-order chi connectivity index (χ0) is 13.9. The highest BCUT2D eigenvalue weighted by Crippen LogP contribution is 2.42. The minimum Gasteiger partial charge on any atom is -0.380 e. The summed E-state index contributed by atoms with van der Waals surface area (Å²) >= 11 is 12.2. The van der Waals surface area contributed by atoms with Gasteiger partial charge in [0.05, 0.1) is 16.1 Å². The van der Waals surface area contributed by atoms with Crippen LogP contribution in [0, 0.1) is 0 Å². The van der Waals surface area contributed by atoms with E-state index in [4.69, 9.17) is 27.9 Å². The number of benzene rings is 1. The monoisotopic (exact) mass is 301 g/mol. The highest BCUT2D eigenvalue weighted by Gasteiger charge is 2.42. The Bertz CT molecular complexity index is 434. The Kier molecular flexibility index (Phi) is 5.13. The van der Waals surface area contributed by atoms with E-state index in [1.807, 2.05) is 19.2 Å². The summed E-state index contributed by atoms with van der Waals surface area (Å²) in [7, 11) is 3.79. The molecule has 0 aromatic heterocycles. The molecule has 1 saturated carbocycles. The number of hydrogen-bond donors (Lipinski definition) is 1. The maximum Gasteiger partial charge on any atom is 0.0680 e. The van der Waals surface area contributed by atoms with E-state index in [-0.39, 0.29) is 11.5 Å². The lowest BCUT2D eigenvalue weighted by Crippen LogP contribution is -2.49. The van der Waals surface area contributed by atoms with Gasteiger partial charge < -0.3 is 10.1 Å². The molecule has 0 aliphatic heterocycles. The van der Waals surface area contributed by atoms with Gasteiger partial charge in [-0.15, -0.1) is 0 Å². The molecule has 1 fully saturated rings. The van der Waals surface area contributed by atoms with E-state index in [1.165, 1.54) is 18.4 Å². The predicted octanol–water partition coefficient (Wildman–Crippen LogP) is 4.04. The van der Waals surface area contributed by atoms with Crippen molar-refractivity contribution in [2.75, 3.05) is 20.7 Å². The fraction of sp³-hybridized carbons (Fsp3) is 0.600. The van der Waals surface area contributed by atoms with Gasteiger partial charge in [-0.3, -0.25) is 0 Å². The lowest BCUT2D eigenvalue weighted by atomic mass is 9.67. The quantitative estimate of drug-likeness (QED) is 0.906. The molecule has 1 aliphatic rings. The average Bonchev–Trinajstić information content (AvgIpc) is 2.42. The van der Waals surface area contributed by atoms with Gasteiger partial charge in [0.25, 0.3) is 0 Å². The Morgan fingerprint density at radius 3 is 2.74 bits per heavy atom. The number of rotatable bonds is 4. The Morgan fingerprint density at radius 1 is 1.32 bits per heavy atom. The van der Waals surface area contributed by atoms with Crippen LogP contribution >= 0.6 is 23.2 Å². The summed E-state index contributed by atoms with van der Waals surface area (Å²) in [5, 5.41) is 4.55. The second-order valence-corrected chi connectivity index (χ2v) is 6.10. The molecule has 0 unspecified atom stereocenters. The molecule has 2 rings (SSSR count). The first kappa shape index (κ1) is 15.1. The van der Waals surface area contributed by atoms with Crippen molar-refractivity contribution >= 4 is 23.2 Å². The van der Waals surface area contributed by atoms with Gasteiger partial charge in [-0.2, -0.15) is 0 Å². The topological polar surface area (TPSA) is 21.3 Å². The maximum atomic E-state index is 6.19. The lowest BCUT2D eigenvalue weighted by molar-refractivity contribution is 0.00211. The molecule has 1 aliphatic carbocycles. The summed E-state index contributed by atoms with van der Waals surface area (Å²) in [5.41, 5.74) is 1.22. The van der Waals surface area contributed by atoms with Gasteiger partial charge in [0.2, 0.25) is 0 Å². The van der Waals surface area contributed by atoms with Crippen molar-refractivity contribution in [3.8, 4) is 0 Å². The molecule has 4 heteroatoms. The van der Waals surface area contributed by atoms with Crippen molar-refractivity contribution in [1.82, 2.24) is 5.32 Å².